The Morgan fingerprint density at radius 2 is 1.87 bits per heavy atom. The van der Waals surface area contributed by atoms with E-state index in [2.05, 4.69) is 0 Å². The number of hydrogen-bond acceptors (Lipinski definition) is 6. The molecule has 6 nitrogen and oxygen atoms in total. The van der Waals surface area contributed by atoms with Crippen LogP contribution in [0, 0.1) is 0 Å². The van der Waals surface area contributed by atoms with Crippen molar-refractivity contribution in [2.75, 3.05) is 14.2 Å². The molecule has 0 saturated heterocycles. The number of carbonyl (C=O) groups is 1. The van der Waals surface area contributed by atoms with Gasteiger partial charge in [0.1, 0.15) is 34.3 Å². The fourth-order valence-corrected chi connectivity index (χ4v) is 2.33. The monoisotopic (exact) mass is 314 g/mol. The normalized spacial score (nSPS) is 14.5. The second-order valence-corrected chi connectivity index (χ2v) is 4.89. The maximum Gasteiger partial charge on any atom is 0.235 e. The van der Waals surface area contributed by atoms with Crippen LogP contribution in [-0.2, 0) is 0 Å². The fourth-order valence-electron chi connectivity index (χ4n) is 2.33. The van der Waals surface area contributed by atoms with Gasteiger partial charge in [-0.25, -0.2) is 0 Å². The van der Waals surface area contributed by atoms with E-state index in [0.717, 1.165) is 0 Å². The van der Waals surface area contributed by atoms with Crippen LogP contribution in [0.3, 0.4) is 0 Å². The Kier molecular flexibility index (Phi) is 3.57. The summed E-state index contributed by atoms with van der Waals surface area (Å²) in [6, 6.07) is 7.26. The number of phenols is 2. The number of methoxy groups -OCH3 is 2. The molecular weight excluding hydrogens is 300 g/mol. The Morgan fingerprint density at radius 3 is 2.52 bits per heavy atom. The standard InChI is InChI=1S/C17H14O6/c1-21-11-7-13(22-2)16-14(8-11)23-15(17(16)20)5-9-3-4-10(18)6-12(9)19/h3-8,18-19H,1-2H3/b15-5-. The van der Waals surface area contributed by atoms with E-state index >= 15 is 0 Å². The lowest BCUT2D eigenvalue weighted by Gasteiger charge is -2.07. The molecule has 0 atom stereocenters. The number of carbonyl (C=O) groups excluding carboxylic acids is 1. The van der Waals surface area contributed by atoms with Crippen LogP contribution in [0.25, 0.3) is 6.08 Å². The summed E-state index contributed by atoms with van der Waals surface area (Å²) in [5.41, 5.74) is 0.655. The van der Waals surface area contributed by atoms with Gasteiger partial charge >= 0.3 is 0 Å². The van der Waals surface area contributed by atoms with Crippen molar-refractivity contribution in [1.82, 2.24) is 0 Å². The first-order valence-electron chi connectivity index (χ1n) is 6.75. The van der Waals surface area contributed by atoms with Gasteiger partial charge in [0.05, 0.1) is 14.2 Å². The third-order valence-corrected chi connectivity index (χ3v) is 3.47. The van der Waals surface area contributed by atoms with E-state index in [9.17, 15) is 15.0 Å². The highest BCUT2D eigenvalue weighted by atomic mass is 16.5. The molecule has 3 rings (SSSR count). The molecule has 0 radical (unpaired) electrons. The van der Waals surface area contributed by atoms with E-state index in [0.29, 0.717) is 28.4 Å². The third-order valence-electron chi connectivity index (χ3n) is 3.47. The maximum absolute atomic E-state index is 12.5. The van der Waals surface area contributed by atoms with Gasteiger partial charge in [0.15, 0.2) is 5.76 Å². The van der Waals surface area contributed by atoms with Gasteiger partial charge in [-0.05, 0) is 18.2 Å². The van der Waals surface area contributed by atoms with Gasteiger partial charge in [0, 0.05) is 23.8 Å². The summed E-state index contributed by atoms with van der Waals surface area (Å²) >= 11 is 0. The number of ether oxygens (including phenoxy) is 3. The smallest absolute Gasteiger partial charge is 0.235 e. The van der Waals surface area contributed by atoms with E-state index in [1.807, 2.05) is 0 Å². The number of phenolic OH excluding ortho intramolecular Hbond substituents is 2. The number of rotatable bonds is 3. The Balaban J connectivity index is 2.05. The molecule has 1 aliphatic heterocycles. The lowest BCUT2D eigenvalue weighted by molar-refractivity contribution is 0.101. The predicted octanol–water partition coefficient (Wildman–Crippen LogP) is 2.73. The van der Waals surface area contributed by atoms with Crippen molar-refractivity contribution >= 4 is 11.9 Å². The zero-order chi connectivity index (χ0) is 16.6. The van der Waals surface area contributed by atoms with Crippen molar-refractivity contribution in [2.24, 2.45) is 0 Å². The van der Waals surface area contributed by atoms with Gasteiger partial charge in [-0.1, -0.05) is 0 Å². The lowest BCUT2D eigenvalue weighted by atomic mass is 10.1. The highest BCUT2D eigenvalue weighted by molar-refractivity contribution is 6.16. The van der Waals surface area contributed by atoms with Gasteiger partial charge in [-0.2, -0.15) is 0 Å². The van der Waals surface area contributed by atoms with Crippen LogP contribution < -0.4 is 14.2 Å². The number of benzene rings is 2. The zero-order valence-corrected chi connectivity index (χ0v) is 12.5. The van der Waals surface area contributed by atoms with Crippen LogP contribution >= 0.6 is 0 Å². The van der Waals surface area contributed by atoms with E-state index in [4.69, 9.17) is 14.2 Å². The largest absolute Gasteiger partial charge is 0.508 e. The molecule has 0 fully saturated rings. The van der Waals surface area contributed by atoms with Gasteiger partial charge in [-0.3, -0.25) is 4.79 Å². The van der Waals surface area contributed by atoms with Crippen LogP contribution in [0.15, 0.2) is 36.1 Å². The minimum atomic E-state index is -0.355. The number of fused-ring (bicyclic) bond motifs is 1. The number of aromatic hydroxyl groups is 2. The zero-order valence-electron chi connectivity index (χ0n) is 12.5. The van der Waals surface area contributed by atoms with Gasteiger partial charge in [0.2, 0.25) is 5.78 Å². The molecule has 2 aromatic rings. The first kappa shape index (κ1) is 14.8. The Morgan fingerprint density at radius 1 is 1.09 bits per heavy atom. The number of allylic oxidation sites excluding steroid dienone is 1. The molecule has 0 aromatic heterocycles. The van der Waals surface area contributed by atoms with Crippen LogP contribution in [0.2, 0.25) is 0 Å². The average Bonchev–Trinajstić information content (AvgIpc) is 2.85. The lowest BCUT2D eigenvalue weighted by Crippen LogP contribution is -2.00. The maximum atomic E-state index is 12.5. The number of ketones is 1. The van der Waals surface area contributed by atoms with Crippen molar-refractivity contribution in [3.05, 3.63) is 47.2 Å². The average molecular weight is 314 g/mol. The highest BCUT2D eigenvalue weighted by Gasteiger charge is 2.32. The van der Waals surface area contributed by atoms with Crippen molar-refractivity contribution in [3.8, 4) is 28.7 Å². The Labute approximate surface area is 132 Å². The first-order chi connectivity index (χ1) is 11.0. The summed E-state index contributed by atoms with van der Waals surface area (Å²) in [5.74, 6) is 0.646. The molecule has 2 aromatic carbocycles. The highest BCUT2D eigenvalue weighted by Crippen LogP contribution is 2.41. The quantitative estimate of drug-likeness (QED) is 0.847. The third kappa shape index (κ3) is 2.55. The fraction of sp³-hybridized carbons (Fsp3) is 0.118. The van der Waals surface area contributed by atoms with Crippen molar-refractivity contribution in [2.45, 2.75) is 0 Å². The molecule has 0 aliphatic carbocycles. The summed E-state index contributed by atoms with van der Waals surface area (Å²) in [6.45, 7) is 0. The van der Waals surface area contributed by atoms with Crippen LogP contribution in [-0.4, -0.2) is 30.2 Å². The minimum absolute atomic E-state index is 0.0487. The molecule has 0 saturated carbocycles. The van der Waals surface area contributed by atoms with Crippen molar-refractivity contribution in [3.63, 3.8) is 0 Å². The second kappa shape index (κ2) is 5.57. The van der Waals surface area contributed by atoms with Crippen molar-refractivity contribution in [1.29, 1.82) is 0 Å². The molecule has 118 valence electrons. The van der Waals surface area contributed by atoms with Gasteiger partial charge in [0.25, 0.3) is 0 Å². The molecule has 0 bridgehead atoms. The number of Topliss-reactive ketones (excluding diaryl/α,β-unsaturated/α-hetero) is 1. The molecule has 1 heterocycles. The molecule has 0 spiro atoms. The van der Waals surface area contributed by atoms with E-state index in [1.54, 1.807) is 12.1 Å². The summed E-state index contributed by atoms with van der Waals surface area (Å²) in [4.78, 5) is 12.5. The Bertz CT molecular complexity index is 822. The molecular formula is C17H14O6. The topological polar surface area (TPSA) is 85.2 Å². The molecule has 0 amide bonds. The predicted molar refractivity (Wildman–Crippen MR) is 82.3 cm³/mol. The number of hydrogen-bond donors (Lipinski definition) is 2. The molecule has 1 aliphatic rings. The van der Waals surface area contributed by atoms with E-state index in [-0.39, 0.29) is 23.0 Å². The SMILES string of the molecule is COc1cc(OC)c2c(c1)O/C(=C\c1ccc(O)cc1O)C2=O. The molecule has 6 heteroatoms. The summed E-state index contributed by atoms with van der Waals surface area (Å²) < 4.78 is 15.9. The summed E-state index contributed by atoms with van der Waals surface area (Å²) in [6.07, 6.45) is 1.41. The minimum Gasteiger partial charge on any atom is -0.508 e. The van der Waals surface area contributed by atoms with E-state index in [1.165, 1.54) is 38.5 Å². The molecule has 2 N–H and O–H groups in total. The van der Waals surface area contributed by atoms with Crippen LogP contribution in [0.1, 0.15) is 15.9 Å². The second-order valence-electron chi connectivity index (χ2n) is 4.89. The van der Waals surface area contributed by atoms with Crippen LogP contribution in [0.5, 0.6) is 28.7 Å². The first-order valence-corrected chi connectivity index (χ1v) is 6.75. The summed E-state index contributed by atoms with van der Waals surface area (Å²) in [5, 5.41) is 19.1. The van der Waals surface area contributed by atoms with E-state index < -0.39 is 0 Å². The molecule has 23 heavy (non-hydrogen) atoms. The van der Waals surface area contributed by atoms with Crippen LogP contribution in [0.4, 0.5) is 0 Å². The van der Waals surface area contributed by atoms with Crippen molar-refractivity contribution < 1.29 is 29.2 Å². The van der Waals surface area contributed by atoms with Gasteiger partial charge < -0.3 is 24.4 Å². The Hall–Kier alpha value is -3.15. The molecule has 0 unspecified atom stereocenters. The summed E-state index contributed by atoms with van der Waals surface area (Å²) in [7, 11) is 2.96. The van der Waals surface area contributed by atoms with Gasteiger partial charge in [-0.15, -0.1) is 0 Å².